The van der Waals surface area contributed by atoms with Gasteiger partial charge in [0.25, 0.3) is 5.91 Å². The number of ether oxygens (including phenoxy) is 2. The predicted molar refractivity (Wildman–Crippen MR) is 131 cm³/mol. The summed E-state index contributed by atoms with van der Waals surface area (Å²) in [5, 5.41) is 4.77. The number of fused-ring (bicyclic) bond motifs is 3. The summed E-state index contributed by atoms with van der Waals surface area (Å²) >= 11 is 0. The zero-order chi connectivity index (χ0) is 24.1. The number of hydrogen-bond acceptors (Lipinski definition) is 5. The number of rotatable bonds is 9. The van der Waals surface area contributed by atoms with E-state index in [4.69, 9.17) is 9.47 Å². The van der Waals surface area contributed by atoms with Crippen LogP contribution in [-0.4, -0.2) is 34.6 Å². The molecule has 2 aromatic heterocycles. The summed E-state index contributed by atoms with van der Waals surface area (Å²) in [7, 11) is 1.64. The molecule has 0 unspecified atom stereocenters. The van der Waals surface area contributed by atoms with Crippen molar-refractivity contribution in [3.8, 4) is 0 Å². The van der Waals surface area contributed by atoms with Gasteiger partial charge < -0.3 is 19.4 Å². The lowest BCUT2D eigenvalue weighted by molar-refractivity contribution is -0.148. The first kappa shape index (κ1) is 23.4. The summed E-state index contributed by atoms with van der Waals surface area (Å²) in [6.45, 7) is 4.43. The molecule has 0 fully saturated rings. The standard InChI is InChI=1S/C27H29N3O4/c1-4-18(2)25(27(32)34-16-19-10-6-5-7-11-19)29-26(31)22-14-21-20-12-8-9-13-23(20)30(17-33-3)24(21)15-28-22/h5-15,18,25H,4,16-17H2,1-3H3,(H,29,31)/t18-,25-/m0/s1. The Morgan fingerprint density at radius 3 is 2.50 bits per heavy atom. The van der Waals surface area contributed by atoms with Crippen molar-refractivity contribution in [2.75, 3.05) is 7.11 Å². The molecule has 0 aliphatic heterocycles. The largest absolute Gasteiger partial charge is 0.459 e. The predicted octanol–water partition coefficient (Wildman–Crippen LogP) is 4.68. The molecule has 1 N–H and O–H groups in total. The fraction of sp³-hybridized carbons (Fsp3) is 0.296. The number of esters is 1. The van der Waals surface area contributed by atoms with Crippen LogP contribution in [0.25, 0.3) is 21.8 Å². The molecule has 0 aliphatic carbocycles. The lowest BCUT2D eigenvalue weighted by Crippen LogP contribution is -2.46. The van der Waals surface area contributed by atoms with Crippen molar-refractivity contribution in [2.24, 2.45) is 5.92 Å². The molecule has 2 atom stereocenters. The molecule has 0 aliphatic rings. The van der Waals surface area contributed by atoms with Crippen molar-refractivity contribution in [2.45, 2.75) is 39.6 Å². The molecule has 0 saturated heterocycles. The van der Waals surface area contributed by atoms with Gasteiger partial charge in [0.2, 0.25) is 0 Å². The highest BCUT2D eigenvalue weighted by atomic mass is 16.5. The molecule has 0 saturated carbocycles. The number of amides is 1. The summed E-state index contributed by atoms with van der Waals surface area (Å²) < 4.78 is 12.9. The van der Waals surface area contributed by atoms with Gasteiger partial charge in [-0.15, -0.1) is 0 Å². The Kier molecular flexibility index (Phi) is 7.23. The minimum absolute atomic E-state index is 0.0976. The molecule has 4 aromatic rings. The van der Waals surface area contributed by atoms with Crippen molar-refractivity contribution in [1.29, 1.82) is 0 Å². The van der Waals surface area contributed by atoms with Gasteiger partial charge in [-0.25, -0.2) is 9.78 Å². The lowest BCUT2D eigenvalue weighted by atomic mass is 9.99. The highest BCUT2D eigenvalue weighted by Crippen LogP contribution is 2.29. The Balaban J connectivity index is 1.58. The number of carbonyl (C=O) groups is 2. The number of benzene rings is 2. The average molecular weight is 460 g/mol. The molecular formula is C27H29N3O4. The maximum absolute atomic E-state index is 13.2. The van der Waals surface area contributed by atoms with E-state index in [1.165, 1.54) is 0 Å². The Hall–Kier alpha value is -3.71. The van der Waals surface area contributed by atoms with Crippen LogP contribution in [0.4, 0.5) is 0 Å². The van der Waals surface area contributed by atoms with Gasteiger partial charge in [-0.1, -0.05) is 68.8 Å². The highest BCUT2D eigenvalue weighted by Gasteiger charge is 2.28. The van der Waals surface area contributed by atoms with E-state index in [1.54, 1.807) is 19.4 Å². The molecule has 34 heavy (non-hydrogen) atoms. The third-order valence-corrected chi connectivity index (χ3v) is 6.13. The van der Waals surface area contributed by atoms with Crippen LogP contribution in [0.1, 0.15) is 36.3 Å². The van der Waals surface area contributed by atoms with Crippen LogP contribution >= 0.6 is 0 Å². The van der Waals surface area contributed by atoms with Crippen molar-refractivity contribution in [1.82, 2.24) is 14.9 Å². The molecule has 1 amide bonds. The van der Waals surface area contributed by atoms with Crippen molar-refractivity contribution in [3.05, 3.63) is 78.1 Å². The normalized spacial score (nSPS) is 13.0. The molecule has 0 bridgehead atoms. The first-order valence-electron chi connectivity index (χ1n) is 11.4. The maximum Gasteiger partial charge on any atom is 0.329 e. The third kappa shape index (κ3) is 4.79. The van der Waals surface area contributed by atoms with Crippen LogP contribution in [0, 0.1) is 5.92 Å². The molecule has 7 nitrogen and oxygen atoms in total. The topological polar surface area (TPSA) is 82.5 Å². The number of aromatic nitrogens is 2. The van der Waals surface area contributed by atoms with Crippen LogP contribution in [0.15, 0.2) is 66.9 Å². The van der Waals surface area contributed by atoms with E-state index in [2.05, 4.69) is 10.3 Å². The Bertz CT molecular complexity index is 1300. The number of methoxy groups -OCH3 is 1. The van der Waals surface area contributed by atoms with Gasteiger partial charge in [0.05, 0.1) is 17.2 Å². The first-order valence-corrected chi connectivity index (χ1v) is 11.4. The van der Waals surface area contributed by atoms with E-state index in [-0.39, 0.29) is 18.2 Å². The second-order valence-electron chi connectivity index (χ2n) is 8.38. The molecule has 176 valence electrons. The minimum Gasteiger partial charge on any atom is -0.459 e. The molecule has 2 aromatic carbocycles. The maximum atomic E-state index is 13.2. The van der Waals surface area contributed by atoms with Gasteiger partial charge in [0.1, 0.15) is 25.1 Å². The molecule has 2 heterocycles. The number of pyridine rings is 1. The zero-order valence-electron chi connectivity index (χ0n) is 19.7. The number of carbonyl (C=O) groups excluding carboxylic acids is 2. The second kappa shape index (κ2) is 10.5. The van der Waals surface area contributed by atoms with Crippen molar-refractivity contribution < 1.29 is 19.1 Å². The fourth-order valence-corrected chi connectivity index (χ4v) is 4.04. The smallest absolute Gasteiger partial charge is 0.329 e. The van der Waals surface area contributed by atoms with Gasteiger partial charge in [-0.05, 0) is 23.6 Å². The molecular weight excluding hydrogens is 430 g/mol. The quantitative estimate of drug-likeness (QED) is 0.368. The van der Waals surface area contributed by atoms with Crippen LogP contribution in [0.2, 0.25) is 0 Å². The second-order valence-corrected chi connectivity index (χ2v) is 8.38. The summed E-state index contributed by atoms with van der Waals surface area (Å²) in [6, 6.07) is 18.4. The lowest BCUT2D eigenvalue weighted by Gasteiger charge is -2.22. The van der Waals surface area contributed by atoms with Crippen LogP contribution < -0.4 is 5.32 Å². The highest BCUT2D eigenvalue weighted by molar-refractivity contribution is 6.10. The van der Waals surface area contributed by atoms with Crippen molar-refractivity contribution in [3.63, 3.8) is 0 Å². The van der Waals surface area contributed by atoms with E-state index in [1.807, 2.05) is 73.0 Å². The van der Waals surface area contributed by atoms with Gasteiger partial charge in [0.15, 0.2) is 0 Å². The number of hydrogen-bond donors (Lipinski definition) is 1. The van der Waals surface area contributed by atoms with Gasteiger partial charge in [-0.3, -0.25) is 4.79 Å². The summed E-state index contributed by atoms with van der Waals surface area (Å²) in [6.07, 6.45) is 2.39. The molecule has 4 rings (SSSR count). The zero-order valence-corrected chi connectivity index (χ0v) is 19.7. The summed E-state index contributed by atoms with van der Waals surface area (Å²) in [5.41, 5.74) is 3.02. The Morgan fingerprint density at radius 1 is 1.03 bits per heavy atom. The van der Waals surface area contributed by atoms with Crippen LogP contribution in [0.3, 0.4) is 0 Å². The number of para-hydroxylation sites is 1. The summed E-state index contributed by atoms with van der Waals surface area (Å²) in [5.74, 6) is -0.962. The SMILES string of the molecule is CC[C@H](C)[C@H](NC(=O)c1cc2c3ccccc3n(COC)c2cn1)C(=O)OCc1ccccc1. The van der Waals surface area contributed by atoms with E-state index < -0.39 is 17.9 Å². The molecule has 7 heteroatoms. The van der Waals surface area contributed by atoms with Crippen molar-refractivity contribution >= 4 is 33.7 Å². The van der Waals surface area contributed by atoms with E-state index >= 15 is 0 Å². The Labute approximate surface area is 198 Å². The van der Waals surface area contributed by atoms with E-state index in [9.17, 15) is 9.59 Å². The number of nitrogens with one attached hydrogen (secondary N) is 1. The van der Waals surface area contributed by atoms with E-state index in [0.717, 1.165) is 27.4 Å². The molecule has 0 spiro atoms. The van der Waals surface area contributed by atoms with Gasteiger partial charge in [-0.2, -0.15) is 0 Å². The summed E-state index contributed by atoms with van der Waals surface area (Å²) in [4.78, 5) is 30.4. The average Bonchev–Trinajstić information content (AvgIpc) is 3.19. The van der Waals surface area contributed by atoms with E-state index in [0.29, 0.717) is 13.2 Å². The fourth-order valence-electron chi connectivity index (χ4n) is 4.04. The number of nitrogens with zero attached hydrogens (tertiary/aromatic N) is 2. The van der Waals surface area contributed by atoms with Gasteiger partial charge >= 0.3 is 5.97 Å². The van der Waals surface area contributed by atoms with Crippen LogP contribution in [0.5, 0.6) is 0 Å². The van der Waals surface area contributed by atoms with Crippen LogP contribution in [-0.2, 0) is 27.6 Å². The molecule has 0 radical (unpaired) electrons. The monoisotopic (exact) mass is 459 g/mol. The minimum atomic E-state index is -0.770. The third-order valence-electron chi connectivity index (χ3n) is 6.13. The Morgan fingerprint density at radius 2 is 1.76 bits per heavy atom. The van der Waals surface area contributed by atoms with Gasteiger partial charge in [0, 0.05) is 17.9 Å². The first-order chi connectivity index (χ1) is 16.5.